The third-order valence-corrected chi connectivity index (χ3v) is 6.29. The zero-order valence-corrected chi connectivity index (χ0v) is 17.1. The Hall–Kier alpha value is -2.83. The summed E-state index contributed by atoms with van der Waals surface area (Å²) < 4.78 is 32.3. The van der Waals surface area contributed by atoms with Crippen LogP contribution in [-0.2, 0) is 4.74 Å². The first-order valence-electron chi connectivity index (χ1n) is 10.6. The number of halogens is 2. The first-order chi connectivity index (χ1) is 15.0. The van der Waals surface area contributed by atoms with Gasteiger partial charge in [0.1, 0.15) is 17.5 Å². The van der Waals surface area contributed by atoms with Gasteiger partial charge in [-0.2, -0.15) is 5.26 Å². The number of alkyl halides is 2. The SMILES string of the molecule is N#Cc1ccnc(Nc2cc(C3CCN(C4COC4)CC3)cc(N3CC(F)(F)C3)n2)c1. The first kappa shape index (κ1) is 20.1. The average Bonchev–Trinajstić information content (AvgIpc) is 2.71. The van der Waals surface area contributed by atoms with E-state index < -0.39 is 5.92 Å². The Morgan fingerprint density at radius 2 is 1.90 bits per heavy atom. The van der Waals surface area contributed by atoms with Crippen LogP contribution in [0.25, 0.3) is 0 Å². The summed E-state index contributed by atoms with van der Waals surface area (Å²) in [4.78, 5) is 12.9. The summed E-state index contributed by atoms with van der Waals surface area (Å²) in [6.45, 7) is 3.02. The Labute approximate surface area is 179 Å². The Morgan fingerprint density at radius 1 is 1.13 bits per heavy atom. The number of nitrogens with one attached hydrogen (secondary N) is 1. The summed E-state index contributed by atoms with van der Waals surface area (Å²) in [6.07, 6.45) is 3.58. The molecule has 5 rings (SSSR count). The maximum Gasteiger partial charge on any atom is 0.282 e. The molecule has 0 unspecified atom stereocenters. The van der Waals surface area contributed by atoms with E-state index in [0.717, 1.165) is 44.7 Å². The highest BCUT2D eigenvalue weighted by molar-refractivity contribution is 5.59. The van der Waals surface area contributed by atoms with Crippen molar-refractivity contribution in [1.82, 2.24) is 14.9 Å². The topological polar surface area (TPSA) is 77.3 Å². The number of hydrogen-bond donors (Lipinski definition) is 1. The number of aromatic nitrogens is 2. The number of ether oxygens (including phenoxy) is 1. The normalized spacial score (nSPS) is 21.8. The van der Waals surface area contributed by atoms with Gasteiger partial charge in [0, 0.05) is 6.20 Å². The van der Waals surface area contributed by atoms with Crippen molar-refractivity contribution in [3.63, 3.8) is 0 Å². The quantitative estimate of drug-likeness (QED) is 0.787. The van der Waals surface area contributed by atoms with Crippen LogP contribution in [0, 0.1) is 11.3 Å². The minimum atomic E-state index is -2.66. The van der Waals surface area contributed by atoms with Gasteiger partial charge in [-0.3, -0.25) is 4.90 Å². The molecule has 0 radical (unpaired) electrons. The molecular formula is C22H24F2N6O. The Balaban J connectivity index is 1.37. The molecule has 3 aliphatic rings. The van der Waals surface area contributed by atoms with Crippen LogP contribution in [0.4, 0.5) is 26.2 Å². The molecular weight excluding hydrogens is 402 g/mol. The van der Waals surface area contributed by atoms with E-state index in [0.29, 0.717) is 35.0 Å². The van der Waals surface area contributed by atoms with E-state index in [9.17, 15) is 8.78 Å². The van der Waals surface area contributed by atoms with E-state index in [4.69, 9.17) is 10.00 Å². The molecule has 2 aromatic heterocycles. The fraction of sp³-hybridized carbons (Fsp3) is 0.500. The predicted octanol–water partition coefficient (Wildman–Crippen LogP) is 3.13. The minimum Gasteiger partial charge on any atom is -0.378 e. The van der Waals surface area contributed by atoms with Crippen molar-refractivity contribution in [3.05, 3.63) is 41.6 Å². The molecule has 2 aromatic rings. The van der Waals surface area contributed by atoms with Crippen LogP contribution in [-0.4, -0.2) is 66.2 Å². The van der Waals surface area contributed by atoms with Crippen molar-refractivity contribution in [2.24, 2.45) is 0 Å². The van der Waals surface area contributed by atoms with Gasteiger partial charge in [0.15, 0.2) is 0 Å². The zero-order chi connectivity index (χ0) is 21.4. The van der Waals surface area contributed by atoms with Gasteiger partial charge < -0.3 is 15.0 Å². The molecule has 0 spiro atoms. The van der Waals surface area contributed by atoms with E-state index in [2.05, 4.69) is 26.3 Å². The summed E-state index contributed by atoms with van der Waals surface area (Å²) in [5.41, 5.74) is 1.59. The van der Waals surface area contributed by atoms with Crippen molar-refractivity contribution in [3.8, 4) is 6.07 Å². The van der Waals surface area contributed by atoms with Gasteiger partial charge >= 0.3 is 0 Å². The van der Waals surface area contributed by atoms with Gasteiger partial charge in [-0.25, -0.2) is 18.7 Å². The van der Waals surface area contributed by atoms with Crippen LogP contribution >= 0.6 is 0 Å². The van der Waals surface area contributed by atoms with Gasteiger partial charge in [-0.05, 0) is 61.7 Å². The first-order valence-corrected chi connectivity index (χ1v) is 10.6. The summed E-state index contributed by atoms with van der Waals surface area (Å²) >= 11 is 0. The third-order valence-electron chi connectivity index (χ3n) is 6.29. The zero-order valence-electron chi connectivity index (χ0n) is 17.1. The fourth-order valence-electron chi connectivity index (χ4n) is 4.40. The predicted molar refractivity (Wildman–Crippen MR) is 112 cm³/mol. The van der Waals surface area contributed by atoms with Gasteiger partial charge in [0.25, 0.3) is 5.92 Å². The molecule has 0 bridgehead atoms. The van der Waals surface area contributed by atoms with E-state index in [1.807, 2.05) is 12.1 Å². The van der Waals surface area contributed by atoms with Crippen molar-refractivity contribution < 1.29 is 13.5 Å². The molecule has 5 heterocycles. The van der Waals surface area contributed by atoms with Crippen LogP contribution in [0.2, 0.25) is 0 Å². The standard InChI is InChI=1S/C22H24F2N6O/c23-22(24)13-30(14-22)21-9-17(16-2-5-29(6-3-16)18-11-31-12-18)8-20(28-21)27-19-7-15(10-25)1-4-26-19/h1,4,7-9,16,18H,2-3,5-6,11-14H2,(H,26,27,28). The number of pyridine rings is 2. The number of nitrogens with zero attached hydrogens (tertiary/aromatic N) is 5. The largest absolute Gasteiger partial charge is 0.378 e. The molecule has 0 amide bonds. The van der Waals surface area contributed by atoms with Crippen molar-refractivity contribution in [1.29, 1.82) is 5.26 Å². The van der Waals surface area contributed by atoms with E-state index in [1.54, 1.807) is 23.2 Å². The molecule has 0 saturated carbocycles. The van der Waals surface area contributed by atoms with Crippen LogP contribution < -0.4 is 10.2 Å². The van der Waals surface area contributed by atoms with Crippen LogP contribution in [0.1, 0.15) is 29.9 Å². The highest BCUT2D eigenvalue weighted by Gasteiger charge is 2.44. The summed E-state index contributed by atoms with van der Waals surface area (Å²) in [5, 5.41) is 12.3. The van der Waals surface area contributed by atoms with Crippen LogP contribution in [0.15, 0.2) is 30.5 Å². The molecule has 3 fully saturated rings. The monoisotopic (exact) mass is 426 g/mol. The van der Waals surface area contributed by atoms with Crippen molar-refractivity contribution in [2.45, 2.75) is 30.7 Å². The maximum atomic E-state index is 13.5. The van der Waals surface area contributed by atoms with Gasteiger partial charge in [0.2, 0.25) is 0 Å². The lowest BCUT2D eigenvalue weighted by Gasteiger charge is -2.42. The molecule has 0 aliphatic carbocycles. The van der Waals surface area contributed by atoms with Gasteiger partial charge in [-0.15, -0.1) is 0 Å². The van der Waals surface area contributed by atoms with Gasteiger partial charge in [-0.1, -0.05) is 0 Å². The maximum absolute atomic E-state index is 13.5. The minimum absolute atomic E-state index is 0.314. The molecule has 7 nitrogen and oxygen atoms in total. The number of rotatable bonds is 5. The molecule has 3 aliphatic heterocycles. The van der Waals surface area contributed by atoms with Crippen LogP contribution in [0.3, 0.4) is 0 Å². The lowest BCUT2D eigenvalue weighted by Crippen LogP contribution is -2.56. The molecule has 0 aromatic carbocycles. The third kappa shape index (κ3) is 4.31. The molecule has 162 valence electrons. The summed E-state index contributed by atoms with van der Waals surface area (Å²) in [5.74, 6) is -0.704. The number of likely N-dealkylation sites (tertiary alicyclic amines) is 1. The molecule has 9 heteroatoms. The van der Waals surface area contributed by atoms with Crippen molar-refractivity contribution >= 4 is 17.5 Å². The van der Waals surface area contributed by atoms with E-state index in [-0.39, 0.29) is 13.1 Å². The second-order valence-electron chi connectivity index (χ2n) is 8.52. The number of hydrogen-bond acceptors (Lipinski definition) is 7. The Kier molecular flexibility index (Phi) is 5.20. The smallest absolute Gasteiger partial charge is 0.282 e. The highest BCUT2D eigenvalue weighted by Crippen LogP contribution is 2.36. The molecule has 31 heavy (non-hydrogen) atoms. The summed E-state index contributed by atoms with van der Waals surface area (Å²) in [6, 6.07) is 9.83. The molecule has 1 N–H and O–H groups in total. The summed E-state index contributed by atoms with van der Waals surface area (Å²) in [7, 11) is 0. The number of piperidine rings is 1. The second-order valence-corrected chi connectivity index (χ2v) is 8.52. The lowest BCUT2D eigenvalue weighted by molar-refractivity contribution is -0.0712. The molecule has 0 atom stereocenters. The van der Waals surface area contributed by atoms with E-state index in [1.165, 1.54) is 0 Å². The highest BCUT2D eigenvalue weighted by atomic mass is 19.3. The second kappa shape index (κ2) is 8.02. The fourth-order valence-corrected chi connectivity index (χ4v) is 4.40. The van der Waals surface area contributed by atoms with E-state index >= 15 is 0 Å². The number of anilines is 3. The Morgan fingerprint density at radius 3 is 2.55 bits per heavy atom. The average molecular weight is 426 g/mol. The van der Waals surface area contributed by atoms with Crippen LogP contribution in [0.5, 0.6) is 0 Å². The van der Waals surface area contributed by atoms with Gasteiger partial charge in [0.05, 0.1) is 44.0 Å². The number of nitriles is 1. The molecule has 3 saturated heterocycles. The van der Waals surface area contributed by atoms with Crippen molar-refractivity contribution in [2.75, 3.05) is 49.6 Å². The lowest BCUT2D eigenvalue weighted by atomic mass is 9.88. The Bertz CT molecular complexity index is 990.